The maximum absolute atomic E-state index is 12.6. The van der Waals surface area contributed by atoms with Gasteiger partial charge in [0.15, 0.2) is 0 Å². The number of alkyl halides is 2. The quantitative estimate of drug-likeness (QED) is 0.774. The van der Waals surface area contributed by atoms with Gasteiger partial charge in [0.05, 0.1) is 5.54 Å². The Morgan fingerprint density at radius 1 is 1.35 bits per heavy atom. The Bertz CT molecular complexity index is 282. The molecule has 0 aliphatic carbocycles. The molecule has 4 nitrogen and oxygen atoms in total. The van der Waals surface area contributed by atoms with Crippen molar-refractivity contribution in [1.29, 1.82) is 0 Å². The molecule has 1 aliphatic heterocycles. The number of nitrogens with two attached hydrogens (primary N) is 1. The van der Waals surface area contributed by atoms with Gasteiger partial charge in [-0.2, -0.15) is 0 Å². The van der Waals surface area contributed by atoms with E-state index in [1.54, 1.807) is 20.8 Å². The van der Waals surface area contributed by atoms with E-state index in [-0.39, 0.29) is 25.9 Å². The van der Waals surface area contributed by atoms with Gasteiger partial charge in [0.1, 0.15) is 5.60 Å². The fourth-order valence-corrected chi connectivity index (χ4v) is 1.65. The van der Waals surface area contributed by atoms with Crippen molar-refractivity contribution in [1.82, 2.24) is 4.90 Å². The van der Waals surface area contributed by atoms with E-state index in [0.717, 1.165) is 0 Å². The third-order valence-electron chi connectivity index (χ3n) is 2.78. The number of nitrogens with zero attached hydrogens (tertiary/aromatic N) is 1. The Kier molecular flexibility index (Phi) is 3.96. The van der Waals surface area contributed by atoms with Crippen LogP contribution in [-0.2, 0) is 4.74 Å². The molecular weight excluding hydrogens is 230 g/mol. The first-order valence-corrected chi connectivity index (χ1v) is 5.69. The molecule has 0 radical (unpaired) electrons. The van der Waals surface area contributed by atoms with Gasteiger partial charge in [-0.15, -0.1) is 0 Å². The molecule has 1 aliphatic rings. The van der Waals surface area contributed by atoms with E-state index < -0.39 is 23.7 Å². The molecule has 0 aromatic rings. The van der Waals surface area contributed by atoms with Gasteiger partial charge in [-0.25, -0.2) is 13.6 Å². The maximum atomic E-state index is 12.6. The van der Waals surface area contributed by atoms with Gasteiger partial charge in [-0.3, -0.25) is 0 Å². The average Bonchev–Trinajstić information content (AvgIpc) is 2.15. The number of piperidine rings is 1. The van der Waals surface area contributed by atoms with Crippen LogP contribution in [0.3, 0.4) is 0 Å². The van der Waals surface area contributed by atoms with Gasteiger partial charge in [0.25, 0.3) is 6.43 Å². The number of halogens is 2. The first-order valence-electron chi connectivity index (χ1n) is 5.69. The largest absolute Gasteiger partial charge is 0.444 e. The lowest BCUT2D eigenvalue weighted by Crippen LogP contribution is -2.56. The zero-order valence-electron chi connectivity index (χ0n) is 10.5. The maximum Gasteiger partial charge on any atom is 0.410 e. The molecule has 6 heteroatoms. The topological polar surface area (TPSA) is 55.6 Å². The second-order valence-corrected chi connectivity index (χ2v) is 5.50. The highest BCUT2D eigenvalue weighted by molar-refractivity contribution is 5.68. The van der Waals surface area contributed by atoms with Gasteiger partial charge in [-0.05, 0) is 33.6 Å². The zero-order chi connectivity index (χ0) is 13.3. The summed E-state index contributed by atoms with van der Waals surface area (Å²) < 4.78 is 30.5. The Labute approximate surface area is 100 Å². The van der Waals surface area contributed by atoms with Crippen molar-refractivity contribution in [3.63, 3.8) is 0 Å². The molecule has 0 unspecified atom stereocenters. The molecule has 17 heavy (non-hydrogen) atoms. The molecule has 2 N–H and O–H groups in total. The van der Waals surface area contributed by atoms with Gasteiger partial charge in [0, 0.05) is 13.1 Å². The molecule has 1 heterocycles. The molecule has 1 rings (SSSR count). The lowest BCUT2D eigenvalue weighted by Gasteiger charge is -2.38. The summed E-state index contributed by atoms with van der Waals surface area (Å²) in [5.41, 5.74) is 3.53. The van der Waals surface area contributed by atoms with Crippen LogP contribution in [0.2, 0.25) is 0 Å². The summed E-state index contributed by atoms with van der Waals surface area (Å²) in [6.07, 6.45) is -2.81. The smallest absolute Gasteiger partial charge is 0.410 e. The van der Waals surface area contributed by atoms with Crippen molar-refractivity contribution in [3.8, 4) is 0 Å². The highest BCUT2D eigenvalue weighted by Gasteiger charge is 2.40. The molecule has 1 fully saturated rings. The normalized spacial score (nSPS) is 20.5. The van der Waals surface area contributed by atoms with Gasteiger partial charge in [-0.1, -0.05) is 0 Å². The summed E-state index contributed by atoms with van der Waals surface area (Å²) in [5, 5.41) is 0. The highest BCUT2D eigenvalue weighted by atomic mass is 19.3. The number of carbonyl (C=O) groups excluding carboxylic acids is 1. The van der Waals surface area contributed by atoms with Crippen molar-refractivity contribution in [2.45, 2.75) is 51.2 Å². The summed E-state index contributed by atoms with van der Waals surface area (Å²) >= 11 is 0. The molecular formula is C11H20F2N2O2. The van der Waals surface area contributed by atoms with E-state index in [2.05, 4.69) is 0 Å². The number of carbonyl (C=O) groups is 1. The number of hydrogen-bond acceptors (Lipinski definition) is 3. The summed E-state index contributed by atoms with van der Waals surface area (Å²) in [7, 11) is 0. The van der Waals surface area contributed by atoms with Crippen molar-refractivity contribution < 1.29 is 18.3 Å². The minimum Gasteiger partial charge on any atom is -0.444 e. The van der Waals surface area contributed by atoms with Crippen LogP contribution in [0, 0.1) is 0 Å². The number of amides is 1. The van der Waals surface area contributed by atoms with E-state index in [1.165, 1.54) is 4.90 Å². The SMILES string of the molecule is CC(C)(C)OC(=O)N1CCC(N)(C(F)F)CC1. The fraction of sp³-hybridized carbons (Fsp3) is 0.909. The molecule has 0 spiro atoms. The van der Waals surface area contributed by atoms with E-state index in [9.17, 15) is 13.6 Å². The van der Waals surface area contributed by atoms with Crippen LogP contribution >= 0.6 is 0 Å². The van der Waals surface area contributed by atoms with E-state index in [1.807, 2.05) is 0 Å². The van der Waals surface area contributed by atoms with Gasteiger partial charge < -0.3 is 15.4 Å². The molecule has 0 aromatic carbocycles. The first-order chi connectivity index (χ1) is 7.64. The highest BCUT2D eigenvalue weighted by Crippen LogP contribution is 2.26. The van der Waals surface area contributed by atoms with Crippen molar-refractivity contribution in [2.75, 3.05) is 13.1 Å². The number of hydrogen-bond donors (Lipinski definition) is 1. The third-order valence-corrected chi connectivity index (χ3v) is 2.78. The monoisotopic (exact) mass is 250 g/mol. The molecule has 0 aromatic heterocycles. The fourth-order valence-electron chi connectivity index (χ4n) is 1.65. The van der Waals surface area contributed by atoms with Crippen molar-refractivity contribution in [3.05, 3.63) is 0 Å². The van der Waals surface area contributed by atoms with Crippen LogP contribution in [0.4, 0.5) is 13.6 Å². The standard InChI is InChI=1S/C11H20F2N2O2/c1-10(2,3)17-9(16)15-6-4-11(14,5-7-15)8(12)13/h8H,4-7,14H2,1-3H3. The average molecular weight is 250 g/mol. The minimum atomic E-state index is -2.55. The summed E-state index contributed by atoms with van der Waals surface area (Å²) in [4.78, 5) is 13.1. The molecule has 0 saturated carbocycles. The van der Waals surface area contributed by atoms with Gasteiger partial charge in [0.2, 0.25) is 0 Å². The summed E-state index contributed by atoms with van der Waals surface area (Å²) in [6, 6.07) is 0. The van der Waals surface area contributed by atoms with Crippen LogP contribution in [0.1, 0.15) is 33.6 Å². The van der Waals surface area contributed by atoms with Crippen LogP contribution in [0.5, 0.6) is 0 Å². The molecule has 0 bridgehead atoms. The number of likely N-dealkylation sites (tertiary alicyclic amines) is 1. The van der Waals surface area contributed by atoms with Crippen molar-refractivity contribution in [2.24, 2.45) is 5.73 Å². The zero-order valence-corrected chi connectivity index (χ0v) is 10.5. The predicted molar refractivity (Wildman–Crippen MR) is 60.0 cm³/mol. The second kappa shape index (κ2) is 4.76. The van der Waals surface area contributed by atoms with Crippen LogP contribution in [0.25, 0.3) is 0 Å². The molecule has 1 saturated heterocycles. The van der Waals surface area contributed by atoms with E-state index in [0.29, 0.717) is 0 Å². The molecule has 1 amide bonds. The second-order valence-electron chi connectivity index (χ2n) is 5.50. The van der Waals surface area contributed by atoms with E-state index >= 15 is 0 Å². The lowest BCUT2D eigenvalue weighted by atomic mass is 9.89. The summed E-state index contributed by atoms with van der Waals surface area (Å²) in [6.45, 7) is 5.73. The third kappa shape index (κ3) is 3.80. The molecule has 0 atom stereocenters. The Balaban J connectivity index is 2.50. The summed E-state index contributed by atoms with van der Waals surface area (Å²) in [5.74, 6) is 0. The Morgan fingerprint density at radius 3 is 2.18 bits per heavy atom. The van der Waals surface area contributed by atoms with Crippen molar-refractivity contribution >= 4 is 6.09 Å². The first kappa shape index (κ1) is 14.2. The Morgan fingerprint density at radius 2 is 1.82 bits per heavy atom. The Hall–Kier alpha value is -0.910. The van der Waals surface area contributed by atoms with Crippen LogP contribution in [-0.4, -0.2) is 41.6 Å². The molecule has 100 valence electrons. The van der Waals surface area contributed by atoms with Crippen LogP contribution in [0.15, 0.2) is 0 Å². The lowest BCUT2D eigenvalue weighted by molar-refractivity contribution is -0.00887. The number of ether oxygens (including phenoxy) is 1. The van der Waals surface area contributed by atoms with E-state index in [4.69, 9.17) is 10.5 Å². The van der Waals surface area contributed by atoms with Gasteiger partial charge >= 0.3 is 6.09 Å². The van der Waals surface area contributed by atoms with Crippen LogP contribution < -0.4 is 5.73 Å². The minimum absolute atomic E-state index is 0.101. The number of rotatable bonds is 1. The predicted octanol–water partition coefficient (Wildman–Crippen LogP) is 1.98.